The molecular formula is C17H23ClN2O2S2. The summed E-state index contributed by atoms with van der Waals surface area (Å²) in [6, 6.07) is 16.8. The van der Waals surface area contributed by atoms with Gasteiger partial charge in [-0.3, -0.25) is 0 Å². The van der Waals surface area contributed by atoms with Crippen molar-refractivity contribution in [3.63, 3.8) is 0 Å². The number of nitrogens with two attached hydrogens (primary N) is 1. The Hall–Kier alpha value is -1.05. The third kappa shape index (κ3) is 5.50. The molecule has 0 aliphatic heterocycles. The van der Waals surface area contributed by atoms with Crippen LogP contribution in [0.3, 0.4) is 0 Å². The van der Waals surface area contributed by atoms with Crippen molar-refractivity contribution in [3.8, 4) is 0 Å². The third-order valence-corrected chi connectivity index (χ3v) is 6.22. The first-order valence-electron chi connectivity index (χ1n) is 7.46. The van der Waals surface area contributed by atoms with Gasteiger partial charge < -0.3 is 5.73 Å². The van der Waals surface area contributed by atoms with Crippen LogP contribution in [0.15, 0.2) is 64.4 Å². The fourth-order valence-corrected chi connectivity index (χ4v) is 4.16. The van der Waals surface area contributed by atoms with E-state index in [4.69, 9.17) is 5.73 Å². The molecule has 0 unspecified atom stereocenters. The van der Waals surface area contributed by atoms with Gasteiger partial charge in [-0.05, 0) is 42.5 Å². The van der Waals surface area contributed by atoms with E-state index in [2.05, 4.69) is 0 Å². The number of rotatable bonds is 8. The molecule has 0 amide bonds. The standard InChI is InChI=1S/C17H22N2O2S2.ClH/c1-22-16-7-9-17(10-8-16)23(20,21)19(14-12-18)13-11-15-5-3-2-4-6-15;/h2-10H,11-14,18H2,1H3;1H. The first-order chi connectivity index (χ1) is 11.1. The third-order valence-electron chi connectivity index (χ3n) is 3.57. The zero-order valence-corrected chi connectivity index (χ0v) is 16.0. The molecule has 0 heterocycles. The smallest absolute Gasteiger partial charge is 0.243 e. The van der Waals surface area contributed by atoms with Crippen molar-refractivity contribution < 1.29 is 8.42 Å². The molecule has 0 aliphatic carbocycles. The summed E-state index contributed by atoms with van der Waals surface area (Å²) < 4.78 is 27.1. The molecule has 24 heavy (non-hydrogen) atoms. The van der Waals surface area contributed by atoms with Gasteiger partial charge in [-0.1, -0.05) is 30.3 Å². The first-order valence-corrected chi connectivity index (χ1v) is 10.1. The lowest BCUT2D eigenvalue weighted by Gasteiger charge is -2.21. The lowest BCUT2D eigenvalue weighted by Crippen LogP contribution is -2.36. The summed E-state index contributed by atoms with van der Waals surface area (Å²) in [5, 5.41) is 0. The fraction of sp³-hybridized carbons (Fsp3) is 0.294. The predicted molar refractivity (Wildman–Crippen MR) is 103 cm³/mol. The number of thioether (sulfide) groups is 1. The minimum atomic E-state index is -3.51. The molecule has 0 aliphatic rings. The van der Waals surface area contributed by atoms with E-state index in [-0.39, 0.29) is 12.4 Å². The SMILES string of the molecule is CSc1ccc(S(=O)(=O)N(CCN)CCc2ccccc2)cc1.Cl. The van der Waals surface area contributed by atoms with Gasteiger partial charge in [-0.15, -0.1) is 24.2 Å². The highest BCUT2D eigenvalue weighted by molar-refractivity contribution is 7.98. The van der Waals surface area contributed by atoms with Gasteiger partial charge in [0.2, 0.25) is 10.0 Å². The molecule has 132 valence electrons. The number of hydrogen-bond acceptors (Lipinski definition) is 4. The second-order valence-corrected chi connectivity index (χ2v) is 7.92. The van der Waals surface area contributed by atoms with Crippen molar-refractivity contribution >= 4 is 34.2 Å². The second kappa shape index (κ2) is 10.1. The van der Waals surface area contributed by atoms with Gasteiger partial charge in [0.15, 0.2) is 0 Å². The quantitative estimate of drug-likeness (QED) is 0.708. The Morgan fingerprint density at radius 3 is 2.17 bits per heavy atom. The zero-order chi connectivity index (χ0) is 16.7. The average Bonchev–Trinajstić information content (AvgIpc) is 2.59. The Labute approximate surface area is 154 Å². The molecule has 2 N–H and O–H groups in total. The second-order valence-electron chi connectivity index (χ2n) is 5.10. The summed E-state index contributed by atoms with van der Waals surface area (Å²) in [4.78, 5) is 1.36. The largest absolute Gasteiger partial charge is 0.329 e. The molecule has 2 aromatic rings. The minimum Gasteiger partial charge on any atom is -0.329 e. The van der Waals surface area contributed by atoms with Crippen molar-refractivity contribution in [2.45, 2.75) is 16.2 Å². The first kappa shape index (κ1) is 21.0. The molecule has 0 aromatic heterocycles. The summed E-state index contributed by atoms with van der Waals surface area (Å²) in [6.07, 6.45) is 2.63. The lowest BCUT2D eigenvalue weighted by molar-refractivity contribution is 0.421. The van der Waals surface area contributed by atoms with E-state index in [0.717, 1.165) is 10.5 Å². The van der Waals surface area contributed by atoms with E-state index in [0.29, 0.717) is 31.0 Å². The van der Waals surface area contributed by atoms with Gasteiger partial charge >= 0.3 is 0 Å². The topological polar surface area (TPSA) is 63.4 Å². The van der Waals surface area contributed by atoms with Crippen LogP contribution in [0.2, 0.25) is 0 Å². The summed E-state index contributed by atoms with van der Waals surface area (Å²) in [6.45, 7) is 1.05. The molecule has 4 nitrogen and oxygen atoms in total. The van der Waals surface area contributed by atoms with Gasteiger partial charge in [0.25, 0.3) is 0 Å². The van der Waals surface area contributed by atoms with Crippen LogP contribution in [0.25, 0.3) is 0 Å². The molecule has 0 saturated heterocycles. The molecule has 0 bridgehead atoms. The van der Waals surface area contributed by atoms with Crippen LogP contribution < -0.4 is 5.73 Å². The Balaban J connectivity index is 0.00000288. The van der Waals surface area contributed by atoms with Crippen LogP contribution >= 0.6 is 24.2 Å². The van der Waals surface area contributed by atoms with Gasteiger partial charge in [0, 0.05) is 24.5 Å². The fourth-order valence-electron chi connectivity index (χ4n) is 2.29. The van der Waals surface area contributed by atoms with Crippen LogP contribution in [0.5, 0.6) is 0 Å². The number of sulfonamides is 1. The van der Waals surface area contributed by atoms with Crippen molar-refractivity contribution in [2.75, 3.05) is 25.9 Å². The van der Waals surface area contributed by atoms with E-state index in [1.165, 1.54) is 4.31 Å². The molecule has 2 rings (SSSR count). The van der Waals surface area contributed by atoms with Crippen LogP contribution in [-0.4, -0.2) is 38.6 Å². The maximum absolute atomic E-state index is 12.8. The van der Waals surface area contributed by atoms with E-state index in [9.17, 15) is 8.42 Å². The molecular weight excluding hydrogens is 364 g/mol. The molecule has 0 spiro atoms. The molecule has 0 saturated carbocycles. The molecule has 2 aromatic carbocycles. The number of halogens is 1. The summed E-state index contributed by atoms with van der Waals surface area (Å²) in [7, 11) is -3.51. The van der Waals surface area contributed by atoms with E-state index < -0.39 is 10.0 Å². The molecule has 0 fully saturated rings. The lowest BCUT2D eigenvalue weighted by atomic mass is 10.1. The summed E-state index contributed by atoms with van der Waals surface area (Å²) >= 11 is 1.59. The Kier molecular flexibility index (Phi) is 8.80. The van der Waals surface area contributed by atoms with Crippen molar-refractivity contribution in [3.05, 3.63) is 60.2 Å². The maximum Gasteiger partial charge on any atom is 0.243 e. The van der Waals surface area contributed by atoms with Gasteiger partial charge in [0.1, 0.15) is 0 Å². The van der Waals surface area contributed by atoms with Gasteiger partial charge in [-0.25, -0.2) is 8.42 Å². The van der Waals surface area contributed by atoms with E-state index >= 15 is 0 Å². The highest BCUT2D eigenvalue weighted by atomic mass is 35.5. The summed E-state index contributed by atoms with van der Waals surface area (Å²) in [5.74, 6) is 0. The zero-order valence-electron chi connectivity index (χ0n) is 13.6. The monoisotopic (exact) mass is 386 g/mol. The molecule has 0 atom stereocenters. The van der Waals surface area contributed by atoms with E-state index in [1.54, 1.807) is 23.9 Å². The van der Waals surface area contributed by atoms with Crippen LogP contribution in [-0.2, 0) is 16.4 Å². The molecule has 0 radical (unpaired) electrons. The normalized spacial score (nSPS) is 11.3. The Morgan fingerprint density at radius 2 is 1.62 bits per heavy atom. The maximum atomic E-state index is 12.8. The Morgan fingerprint density at radius 1 is 1.00 bits per heavy atom. The highest BCUT2D eigenvalue weighted by Crippen LogP contribution is 2.20. The minimum absolute atomic E-state index is 0. The van der Waals surface area contributed by atoms with Gasteiger partial charge in [-0.2, -0.15) is 4.31 Å². The predicted octanol–water partition coefficient (Wildman–Crippen LogP) is 3.02. The molecule has 7 heteroatoms. The van der Waals surface area contributed by atoms with Crippen molar-refractivity contribution in [1.29, 1.82) is 0 Å². The number of hydrogen-bond donors (Lipinski definition) is 1. The number of benzene rings is 2. The van der Waals surface area contributed by atoms with Crippen LogP contribution in [0.1, 0.15) is 5.56 Å². The van der Waals surface area contributed by atoms with Crippen LogP contribution in [0.4, 0.5) is 0 Å². The Bertz CT molecular complexity index is 707. The van der Waals surface area contributed by atoms with Crippen molar-refractivity contribution in [2.24, 2.45) is 5.73 Å². The summed E-state index contributed by atoms with van der Waals surface area (Å²) in [5.41, 5.74) is 6.72. The van der Waals surface area contributed by atoms with Crippen molar-refractivity contribution in [1.82, 2.24) is 4.31 Å². The number of nitrogens with zero attached hydrogens (tertiary/aromatic N) is 1. The van der Waals surface area contributed by atoms with E-state index in [1.807, 2.05) is 48.7 Å². The van der Waals surface area contributed by atoms with Crippen LogP contribution in [0, 0.1) is 0 Å². The van der Waals surface area contributed by atoms with Gasteiger partial charge in [0.05, 0.1) is 4.90 Å². The average molecular weight is 387 g/mol. The highest BCUT2D eigenvalue weighted by Gasteiger charge is 2.23.